The van der Waals surface area contributed by atoms with Crippen LogP contribution in [0.2, 0.25) is 0 Å². The molecule has 1 heterocycles. The molecule has 0 saturated carbocycles. The van der Waals surface area contributed by atoms with Gasteiger partial charge in [-0.3, -0.25) is 4.79 Å². The van der Waals surface area contributed by atoms with Gasteiger partial charge in [-0.15, -0.1) is 0 Å². The van der Waals surface area contributed by atoms with Crippen LogP contribution in [0.5, 0.6) is 0 Å². The van der Waals surface area contributed by atoms with Crippen LogP contribution in [0.4, 0.5) is 5.69 Å². The predicted molar refractivity (Wildman–Crippen MR) is 62.7 cm³/mol. The molecule has 0 unspecified atom stereocenters. The number of hydrogen-bond donors (Lipinski definition) is 1. The van der Waals surface area contributed by atoms with Crippen LogP contribution < -0.4 is 11.2 Å². The first-order valence-electron chi connectivity index (χ1n) is 4.67. The summed E-state index contributed by atoms with van der Waals surface area (Å²) in [7, 11) is 0. The number of rotatable bonds is 4. The molecule has 4 heteroatoms. The summed E-state index contributed by atoms with van der Waals surface area (Å²) in [6.45, 7) is 5.24. The molecule has 0 fully saturated rings. The first-order chi connectivity index (χ1) is 6.59. The zero-order chi connectivity index (χ0) is 10.6. The van der Waals surface area contributed by atoms with Gasteiger partial charge in [-0.05, 0) is 5.25 Å². The monoisotopic (exact) mass is 212 g/mol. The molecule has 2 N–H and O–H groups in total. The summed E-state index contributed by atoms with van der Waals surface area (Å²) in [5.74, 6) is 1.04. The molecule has 0 radical (unpaired) electrons. The molecule has 0 aromatic carbocycles. The van der Waals surface area contributed by atoms with Crippen molar-refractivity contribution in [2.45, 2.75) is 25.6 Å². The standard InChI is InChI=1S/C10H16N2OS/c1-8(2)14-6-5-12-4-3-10(13)9(11)7-12/h3-4,7-8H,5-6,11H2,1-2H3. The van der Waals surface area contributed by atoms with E-state index in [-0.39, 0.29) is 5.43 Å². The largest absolute Gasteiger partial charge is 0.394 e. The molecule has 1 rings (SSSR count). The van der Waals surface area contributed by atoms with Gasteiger partial charge in [0, 0.05) is 30.8 Å². The zero-order valence-corrected chi connectivity index (χ0v) is 9.38. The van der Waals surface area contributed by atoms with Crippen LogP contribution in [0.25, 0.3) is 0 Å². The number of anilines is 1. The zero-order valence-electron chi connectivity index (χ0n) is 8.56. The lowest BCUT2D eigenvalue weighted by atomic mass is 10.4. The van der Waals surface area contributed by atoms with E-state index < -0.39 is 0 Å². The molecule has 1 aromatic heterocycles. The first-order valence-corrected chi connectivity index (χ1v) is 5.71. The summed E-state index contributed by atoms with van der Waals surface area (Å²) in [5, 5.41) is 0.645. The maximum absolute atomic E-state index is 11.0. The molecule has 0 aliphatic carbocycles. The fourth-order valence-corrected chi connectivity index (χ4v) is 1.87. The van der Waals surface area contributed by atoms with E-state index in [4.69, 9.17) is 5.73 Å². The normalized spacial score (nSPS) is 10.8. The quantitative estimate of drug-likeness (QED) is 0.824. The minimum atomic E-state index is -0.0993. The molecule has 0 saturated heterocycles. The van der Waals surface area contributed by atoms with Crippen LogP contribution in [0.15, 0.2) is 23.3 Å². The van der Waals surface area contributed by atoms with Crippen LogP contribution in [0.1, 0.15) is 13.8 Å². The van der Waals surface area contributed by atoms with E-state index in [1.807, 2.05) is 16.3 Å². The number of nitrogens with two attached hydrogens (primary N) is 1. The molecule has 0 amide bonds. The van der Waals surface area contributed by atoms with Crippen LogP contribution in [0.3, 0.4) is 0 Å². The van der Waals surface area contributed by atoms with Crippen molar-refractivity contribution in [3.05, 3.63) is 28.7 Å². The van der Waals surface area contributed by atoms with Gasteiger partial charge in [0.25, 0.3) is 0 Å². The third-order valence-corrected chi connectivity index (χ3v) is 2.89. The number of pyridine rings is 1. The maximum atomic E-state index is 11.0. The minimum Gasteiger partial charge on any atom is -0.394 e. The van der Waals surface area contributed by atoms with Gasteiger partial charge in [-0.1, -0.05) is 13.8 Å². The van der Waals surface area contributed by atoms with Crippen molar-refractivity contribution < 1.29 is 0 Å². The van der Waals surface area contributed by atoms with Crippen molar-refractivity contribution in [3.63, 3.8) is 0 Å². The van der Waals surface area contributed by atoms with Gasteiger partial charge < -0.3 is 10.3 Å². The van der Waals surface area contributed by atoms with Crippen molar-refractivity contribution in [1.29, 1.82) is 0 Å². The average molecular weight is 212 g/mol. The fourth-order valence-electron chi connectivity index (χ4n) is 1.08. The Morgan fingerprint density at radius 1 is 1.57 bits per heavy atom. The van der Waals surface area contributed by atoms with Crippen molar-refractivity contribution >= 4 is 17.4 Å². The van der Waals surface area contributed by atoms with Gasteiger partial charge in [-0.25, -0.2) is 0 Å². The van der Waals surface area contributed by atoms with Crippen molar-refractivity contribution in [2.75, 3.05) is 11.5 Å². The summed E-state index contributed by atoms with van der Waals surface area (Å²) < 4.78 is 1.95. The van der Waals surface area contributed by atoms with Crippen molar-refractivity contribution in [2.24, 2.45) is 0 Å². The van der Waals surface area contributed by atoms with Gasteiger partial charge in [0.05, 0.1) is 5.69 Å². The molecule has 0 aliphatic rings. The lowest BCUT2D eigenvalue weighted by Crippen LogP contribution is -2.11. The average Bonchev–Trinajstić information content (AvgIpc) is 2.10. The number of hydrogen-bond acceptors (Lipinski definition) is 3. The molecule has 1 aromatic rings. The van der Waals surface area contributed by atoms with E-state index in [1.54, 1.807) is 12.4 Å². The lowest BCUT2D eigenvalue weighted by Gasteiger charge is -2.08. The second kappa shape index (κ2) is 5.10. The molecule has 0 aliphatic heterocycles. The summed E-state index contributed by atoms with van der Waals surface area (Å²) in [6.07, 6.45) is 3.48. The Balaban J connectivity index is 2.52. The van der Waals surface area contributed by atoms with E-state index in [2.05, 4.69) is 13.8 Å². The third kappa shape index (κ3) is 3.46. The topological polar surface area (TPSA) is 48.0 Å². The van der Waals surface area contributed by atoms with E-state index in [1.165, 1.54) is 6.07 Å². The Labute approximate surface area is 88.3 Å². The smallest absolute Gasteiger partial charge is 0.204 e. The predicted octanol–water partition coefficient (Wildman–Crippen LogP) is 1.57. The number of aryl methyl sites for hydroxylation is 1. The second-order valence-electron chi connectivity index (χ2n) is 3.42. The number of nitrogen functional groups attached to an aromatic ring is 1. The number of aromatic nitrogens is 1. The Hall–Kier alpha value is -0.900. The lowest BCUT2D eigenvalue weighted by molar-refractivity contribution is 0.763. The van der Waals surface area contributed by atoms with E-state index in [9.17, 15) is 4.79 Å². The molecule has 0 spiro atoms. The SMILES string of the molecule is CC(C)SCCn1ccc(=O)c(N)c1. The van der Waals surface area contributed by atoms with Crippen LogP contribution in [-0.2, 0) is 6.54 Å². The van der Waals surface area contributed by atoms with Gasteiger partial charge >= 0.3 is 0 Å². The highest BCUT2D eigenvalue weighted by molar-refractivity contribution is 7.99. The molecule has 14 heavy (non-hydrogen) atoms. The summed E-state index contributed by atoms with van der Waals surface area (Å²) in [5.41, 5.74) is 5.73. The molecule has 78 valence electrons. The second-order valence-corrected chi connectivity index (χ2v) is 5.11. The van der Waals surface area contributed by atoms with E-state index >= 15 is 0 Å². The van der Waals surface area contributed by atoms with Gasteiger partial charge in [0.15, 0.2) is 0 Å². The Kier molecular flexibility index (Phi) is 4.07. The van der Waals surface area contributed by atoms with Crippen LogP contribution >= 0.6 is 11.8 Å². The van der Waals surface area contributed by atoms with Crippen LogP contribution in [-0.4, -0.2) is 15.6 Å². The summed E-state index contributed by atoms with van der Waals surface area (Å²) >= 11 is 1.90. The van der Waals surface area contributed by atoms with Crippen molar-refractivity contribution in [3.8, 4) is 0 Å². The molecule has 0 bridgehead atoms. The van der Waals surface area contributed by atoms with Gasteiger partial charge in [-0.2, -0.15) is 11.8 Å². The van der Waals surface area contributed by atoms with Gasteiger partial charge in [0.2, 0.25) is 5.43 Å². The maximum Gasteiger partial charge on any atom is 0.204 e. The van der Waals surface area contributed by atoms with E-state index in [0.717, 1.165) is 12.3 Å². The highest BCUT2D eigenvalue weighted by Crippen LogP contribution is 2.09. The fraction of sp³-hybridized carbons (Fsp3) is 0.500. The highest BCUT2D eigenvalue weighted by atomic mass is 32.2. The molecule has 3 nitrogen and oxygen atoms in total. The summed E-state index contributed by atoms with van der Waals surface area (Å²) in [6, 6.07) is 1.51. The first kappa shape index (κ1) is 11.2. The van der Waals surface area contributed by atoms with Gasteiger partial charge in [0.1, 0.15) is 0 Å². The molecular weight excluding hydrogens is 196 g/mol. The number of nitrogens with zero attached hydrogens (tertiary/aromatic N) is 1. The van der Waals surface area contributed by atoms with E-state index in [0.29, 0.717) is 10.9 Å². The Morgan fingerprint density at radius 2 is 2.29 bits per heavy atom. The molecule has 0 atom stereocenters. The van der Waals surface area contributed by atoms with Crippen molar-refractivity contribution in [1.82, 2.24) is 4.57 Å². The van der Waals surface area contributed by atoms with Crippen LogP contribution in [0, 0.1) is 0 Å². The third-order valence-electron chi connectivity index (χ3n) is 1.81. The Bertz CT molecular complexity index is 346. The Morgan fingerprint density at radius 3 is 2.86 bits per heavy atom. The molecular formula is C10H16N2OS. The number of thioether (sulfide) groups is 1. The minimum absolute atomic E-state index is 0.0993. The highest BCUT2D eigenvalue weighted by Gasteiger charge is 1.97. The summed E-state index contributed by atoms with van der Waals surface area (Å²) in [4.78, 5) is 11.0.